The van der Waals surface area contributed by atoms with E-state index in [2.05, 4.69) is 24.8 Å². The van der Waals surface area contributed by atoms with E-state index in [0.29, 0.717) is 16.1 Å². The molecule has 0 spiro atoms. The van der Waals surface area contributed by atoms with Crippen LogP contribution in [0.2, 0.25) is 0 Å². The molecule has 0 radical (unpaired) electrons. The third-order valence-electron chi connectivity index (χ3n) is 3.80. The summed E-state index contributed by atoms with van der Waals surface area (Å²) in [5.41, 5.74) is 0.289. The quantitative estimate of drug-likeness (QED) is 0.648. The third kappa shape index (κ3) is 3.24. The van der Waals surface area contributed by atoms with Gasteiger partial charge in [-0.15, -0.1) is 8.78 Å². The van der Waals surface area contributed by atoms with Crippen molar-refractivity contribution in [3.05, 3.63) is 53.5 Å². The van der Waals surface area contributed by atoms with Gasteiger partial charge in [-0.1, -0.05) is 11.3 Å². The molecule has 0 saturated heterocycles. The minimum atomic E-state index is -3.74. The van der Waals surface area contributed by atoms with Crippen molar-refractivity contribution in [1.29, 1.82) is 0 Å². The molecule has 1 aromatic carbocycles. The van der Waals surface area contributed by atoms with Gasteiger partial charge in [-0.2, -0.15) is 0 Å². The second-order valence-corrected chi connectivity index (χ2v) is 6.77. The van der Waals surface area contributed by atoms with Gasteiger partial charge in [-0.3, -0.25) is 9.78 Å². The number of anilines is 1. The van der Waals surface area contributed by atoms with Crippen LogP contribution in [0.3, 0.4) is 0 Å². The van der Waals surface area contributed by atoms with Gasteiger partial charge in [0.1, 0.15) is 15.6 Å². The number of amides is 1. The van der Waals surface area contributed by atoms with Gasteiger partial charge in [-0.05, 0) is 24.6 Å². The Hall–Kier alpha value is -3.21. The summed E-state index contributed by atoms with van der Waals surface area (Å²) in [5, 5.41) is 2.93. The Morgan fingerprint density at radius 1 is 1.11 bits per heavy atom. The zero-order chi connectivity index (χ0) is 20.1. The van der Waals surface area contributed by atoms with Crippen LogP contribution in [0.5, 0.6) is 11.5 Å². The average Bonchev–Trinajstić information content (AvgIpc) is 3.16. The van der Waals surface area contributed by atoms with Crippen LogP contribution in [0.4, 0.5) is 22.6 Å². The summed E-state index contributed by atoms with van der Waals surface area (Å²) in [6.07, 6.45) is -1.01. The number of carbonyl (C=O) groups is 1. The molecule has 0 saturated carbocycles. The van der Waals surface area contributed by atoms with Crippen molar-refractivity contribution in [2.75, 3.05) is 5.32 Å². The number of thiazole rings is 1. The summed E-state index contributed by atoms with van der Waals surface area (Å²) in [7, 11) is 0. The first kappa shape index (κ1) is 18.2. The summed E-state index contributed by atoms with van der Waals surface area (Å²) in [6.45, 7) is 1.66. The topological polar surface area (TPSA) is 73.3 Å². The van der Waals surface area contributed by atoms with Crippen molar-refractivity contribution < 1.29 is 31.8 Å². The highest BCUT2D eigenvalue weighted by molar-refractivity contribution is 7.19. The highest BCUT2D eigenvalue weighted by atomic mass is 32.1. The van der Waals surface area contributed by atoms with E-state index >= 15 is 0 Å². The first-order valence-electron chi connectivity index (χ1n) is 7.70. The van der Waals surface area contributed by atoms with Gasteiger partial charge in [-0.25, -0.2) is 13.8 Å². The minimum Gasteiger partial charge on any atom is -0.395 e. The highest BCUT2D eigenvalue weighted by Gasteiger charge is 2.43. The molecular formula is C17H9F4N3O3S. The van der Waals surface area contributed by atoms with Crippen molar-refractivity contribution in [1.82, 2.24) is 9.97 Å². The van der Waals surface area contributed by atoms with Crippen molar-refractivity contribution in [3.63, 3.8) is 0 Å². The lowest BCUT2D eigenvalue weighted by atomic mass is 10.1. The van der Waals surface area contributed by atoms with E-state index in [9.17, 15) is 22.4 Å². The number of alkyl halides is 2. The van der Waals surface area contributed by atoms with Crippen LogP contribution in [-0.2, 0) is 0 Å². The maximum Gasteiger partial charge on any atom is 0.586 e. The number of rotatable bonds is 3. The van der Waals surface area contributed by atoms with Crippen LogP contribution in [0.1, 0.15) is 15.9 Å². The Morgan fingerprint density at radius 3 is 2.43 bits per heavy atom. The molecular weight excluding hydrogens is 402 g/mol. The maximum atomic E-state index is 13.7. The molecule has 1 aliphatic heterocycles. The molecule has 1 N–H and O–H groups in total. The van der Waals surface area contributed by atoms with E-state index in [1.807, 2.05) is 0 Å². The molecule has 1 aliphatic rings. The van der Waals surface area contributed by atoms with Gasteiger partial charge in [0.25, 0.3) is 5.91 Å². The summed E-state index contributed by atoms with van der Waals surface area (Å²) in [4.78, 5) is 19.6. The largest absolute Gasteiger partial charge is 0.586 e. The number of aryl methyl sites for hydroxylation is 1. The standard InChI is InChI=1S/C17H9F4N3O3S/c1-7-2-11-12(27-17(20,21)26-11)3-8(7)16-23-6-13(28-16)24-15(25)14-9(18)4-22-5-10(14)19/h2-6H,1H3,(H,24,25). The average molecular weight is 411 g/mol. The number of benzene rings is 1. The smallest absolute Gasteiger partial charge is 0.395 e. The lowest BCUT2D eigenvalue weighted by molar-refractivity contribution is -0.286. The van der Waals surface area contributed by atoms with Gasteiger partial charge in [0, 0.05) is 5.56 Å². The molecule has 28 heavy (non-hydrogen) atoms. The number of fused-ring (bicyclic) bond motifs is 1. The second kappa shape index (κ2) is 6.44. The van der Waals surface area contributed by atoms with Crippen molar-refractivity contribution in [3.8, 4) is 22.1 Å². The van der Waals surface area contributed by atoms with Gasteiger partial charge < -0.3 is 14.8 Å². The molecule has 144 valence electrons. The predicted octanol–water partition coefficient (Wildman–Crippen LogP) is 4.37. The Kier molecular flexibility index (Phi) is 4.18. The van der Waals surface area contributed by atoms with Gasteiger partial charge >= 0.3 is 6.29 Å². The van der Waals surface area contributed by atoms with E-state index in [0.717, 1.165) is 23.7 Å². The predicted molar refractivity (Wildman–Crippen MR) is 90.6 cm³/mol. The first-order chi connectivity index (χ1) is 13.2. The van der Waals surface area contributed by atoms with Crippen molar-refractivity contribution in [2.24, 2.45) is 0 Å². The molecule has 11 heteroatoms. The van der Waals surface area contributed by atoms with E-state index < -0.39 is 29.4 Å². The van der Waals surface area contributed by atoms with E-state index in [-0.39, 0.29) is 16.5 Å². The minimum absolute atomic E-state index is 0.0973. The van der Waals surface area contributed by atoms with Gasteiger partial charge in [0.05, 0.1) is 18.6 Å². The van der Waals surface area contributed by atoms with Crippen LogP contribution in [0.25, 0.3) is 10.6 Å². The molecule has 1 amide bonds. The normalized spacial score (nSPS) is 14.2. The zero-order valence-corrected chi connectivity index (χ0v) is 14.7. The Bertz CT molecular complexity index is 1080. The van der Waals surface area contributed by atoms with Gasteiger partial charge in [0.2, 0.25) is 0 Å². The summed E-state index contributed by atoms with van der Waals surface area (Å²) >= 11 is 0.993. The van der Waals surface area contributed by atoms with Crippen LogP contribution in [-0.4, -0.2) is 22.2 Å². The molecule has 0 unspecified atom stereocenters. The third-order valence-corrected chi connectivity index (χ3v) is 4.75. The van der Waals surface area contributed by atoms with Crippen molar-refractivity contribution >= 4 is 22.2 Å². The molecule has 0 fully saturated rings. The number of halogens is 4. The fraction of sp³-hybridized carbons (Fsp3) is 0.118. The van der Waals surface area contributed by atoms with Gasteiger partial charge in [0.15, 0.2) is 23.1 Å². The number of pyridine rings is 1. The van der Waals surface area contributed by atoms with E-state index in [1.165, 1.54) is 18.3 Å². The number of aromatic nitrogens is 2. The fourth-order valence-corrected chi connectivity index (χ4v) is 3.48. The first-order valence-corrected chi connectivity index (χ1v) is 8.52. The highest BCUT2D eigenvalue weighted by Crippen LogP contribution is 2.45. The molecule has 3 aromatic rings. The fourth-order valence-electron chi connectivity index (χ4n) is 2.59. The Morgan fingerprint density at radius 2 is 1.75 bits per heavy atom. The van der Waals surface area contributed by atoms with Crippen molar-refractivity contribution in [2.45, 2.75) is 13.2 Å². The monoisotopic (exact) mass is 411 g/mol. The number of carbonyl (C=O) groups excluding carboxylic acids is 1. The number of hydrogen-bond donors (Lipinski definition) is 1. The number of ether oxygens (including phenoxy) is 2. The van der Waals surface area contributed by atoms with Crippen LogP contribution in [0.15, 0.2) is 30.7 Å². The Labute approximate surface area is 158 Å². The Balaban J connectivity index is 1.60. The molecule has 6 nitrogen and oxygen atoms in total. The SMILES string of the molecule is Cc1cc2c(cc1-c1ncc(NC(=O)c3c(F)cncc3F)s1)OC(F)(F)O2. The van der Waals surface area contributed by atoms with Crippen LogP contribution in [0, 0.1) is 18.6 Å². The number of hydrogen-bond acceptors (Lipinski definition) is 6. The molecule has 2 aromatic heterocycles. The molecule has 0 aliphatic carbocycles. The summed E-state index contributed by atoms with van der Waals surface area (Å²) < 4.78 is 62.5. The lowest BCUT2D eigenvalue weighted by Crippen LogP contribution is -2.25. The van der Waals surface area contributed by atoms with E-state index in [4.69, 9.17) is 0 Å². The van der Waals surface area contributed by atoms with Crippen LogP contribution >= 0.6 is 11.3 Å². The molecule has 4 rings (SSSR count). The number of nitrogens with zero attached hydrogens (tertiary/aromatic N) is 2. The maximum absolute atomic E-state index is 13.7. The second-order valence-electron chi connectivity index (χ2n) is 5.74. The summed E-state index contributed by atoms with van der Waals surface area (Å²) in [5.74, 6) is -3.45. The molecule has 0 bridgehead atoms. The van der Waals surface area contributed by atoms with Crippen LogP contribution < -0.4 is 14.8 Å². The zero-order valence-electron chi connectivity index (χ0n) is 13.9. The molecule has 3 heterocycles. The van der Waals surface area contributed by atoms with E-state index in [1.54, 1.807) is 6.92 Å². The molecule has 0 atom stereocenters. The lowest BCUT2D eigenvalue weighted by Gasteiger charge is -2.05. The summed E-state index contributed by atoms with van der Waals surface area (Å²) in [6, 6.07) is 2.73. The number of nitrogens with one attached hydrogen (secondary N) is 1.